The zero-order valence-corrected chi connectivity index (χ0v) is 10.6. The summed E-state index contributed by atoms with van der Waals surface area (Å²) in [5, 5.41) is 2.62. The van der Waals surface area contributed by atoms with Crippen molar-refractivity contribution in [1.82, 2.24) is 5.32 Å². The number of hydrogen-bond acceptors (Lipinski definition) is 2. The first-order valence-electron chi connectivity index (χ1n) is 5.97. The third-order valence-electron chi connectivity index (χ3n) is 2.54. The van der Waals surface area contributed by atoms with Crippen LogP contribution in [0, 0.1) is 0 Å². The van der Waals surface area contributed by atoms with Crippen LogP contribution in [0.25, 0.3) is 0 Å². The van der Waals surface area contributed by atoms with E-state index in [2.05, 4.69) is 5.32 Å². The number of rotatable bonds is 5. The van der Waals surface area contributed by atoms with Gasteiger partial charge in [0, 0.05) is 12.6 Å². The van der Waals surface area contributed by atoms with E-state index in [4.69, 9.17) is 5.73 Å². The molecule has 19 heavy (non-hydrogen) atoms. The van der Waals surface area contributed by atoms with Crippen LogP contribution in [0.4, 0.5) is 13.2 Å². The fraction of sp³-hybridized carbons (Fsp3) is 0.462. The maximum Gasteiger partial charge on any atom is 0.416 e. The number of carbonyl (C=O) groups is 1. The molecule has 6 heteroatoms. The van der Waals surface area contributed by atoms with Gasteiger partial charge >= 0.3 is 6.18 Å². The molecule has 1 unspecified atom stereocenters. The molecule has 0 aromatic heterocycles. The SMILES string of the molecule is CC(N)CCNC(=O)Cc1cccc(C(F)(F)F)c1. The highest BCUT2D eigenvalue weighted by Crippen LogP contribution is 2.29. The maximum atomic E-state index is 12.5. The van der Waals surface area contributed by atoms with Crippen molar-refractivity contribution in [3.63, 3.8) is 0 Å². The normalized spacial score (nSPS) is 13.1. The van der Waals surface area contributed by atoms with Crippen molar-refractivity contribution in [1.29, 1.82) is 0 Å². The largest absolute Gasteiger partial charge is 0.416 e. The second-order valence-corrected chi connectivity index (χ2v) is 4.49. The van der Waals surface area contributed by atoms with Crippen molar-refractivity contribution in [3.8, 4) is 0 Å². The van der Waals surface area contributed by atoms with Gasteiger partial charge in [0.25, 0.3) is 0 Å². The molecule has 0 aliphatic carbocycles. The lowest BCUT2D eigenvalue weighted by Gasteiger charge is -2.10. The maximum absolute atomic E-state index is 12.5. The number of carbonyl (C=O) groups excluding carboxylic acids is 1. The third kappa shape index (κ3) is 5.74. The minimum Gasteiger partial charge on any atom is -0.356 e. The van der Waals surface area contributed by atoms with Gasteiger partial charge in [0.15, 0.2) is 0 Å². The van der Waals surface area contributed by atoms with E-state index in [-0.39, 0.29) is 18.4 Å². The van der Waals surface area contributed by atoms with Gasteiger partial charge in [0.1, 0.15) is 0 Å². The first-order chi connectivity index (χ1) is 8.79. The van der Waals surface area contributed by atoms with E-state index < -0.39 is 11.7 Å². The molecule has 0 aliphatic rings. The van der Waals surface area contributed by atoms with Gasteiger partial charge in [-0.3, -0.25) is 4.79 Å². The second kappa shape index (κ2) is 6.56. The lowest BCUT2D eigenvalue weighted by Crippen LogP contribution is -2.30. The lowest BCUT2D eigenvalue weighted by molar-refractivity contribution is -0.137. The highest BCUT2D eigenvalue weighted by Gasteiger charge is 2.30. The Balaban J connectivity index is 2.55. The number of amides is 1. The first kappa shape index (κ1) is 15.5. The minimum absolute atomic E-state index is 0.0196. The summed E-state index contributed by atoms with van der Waals surface area (Å²) in [6.45, 7) is 2.24. The predicted octanol–water partition coefficient (Wildman–Crippen LogP) is 2.10. The van der Waals surface area contributed by atoms with Crippen LogP contribution in [0.1, 0.15) is 24.5 Å². The molecular weight excluding hydrogens is 257 g/mol. The summed E-state index contributed by atoms with van der Waals surface area (Å²) in [7, 11) is 0. The van der Waals surface area contributed by atoms with Gasteiger partial charge in [-0.1, -0.05) is 18.2 Å². The third-order valence-corrected chi connectivity index (χ3v) is 2.54. The molecule has 1 atom stereocenters. The van der Waals surface area contributed by atoms with Gasteiger partial charge in [-0.25, -0.2) is 0 Å². The van der Waals surface area contributed by atoms with Crippen LogP contribution in [0.3, 0.4) is 0 Å². The van der Waals surface area contributed by atoms with Crippen molar-refractivity contribution in [2.24, 2.45) is 5.73 Å². The van der Waals surface area contributed by atoms with Gasteiger partial charge in [-0.15, -0.1) is 0 Å². The molecule has 1 aromatic rings. The zero-order valence-electron chi connectivity index (χ0n) is 10.6. The number of nitrogens with two attached hydrogens (primary N) is 1. The predicted molar refractivity (Wildman–Crippen MR) is 66.4 cm³/mol. The van der Waals surface area contributed by atoms with E-state index in [0.29, 0.717) is 18.5 Å². The van der Waals surface area contributed by atoms with Crippen molar-refractivity contribution >= 4 is 5.91 Å². The molecule has 0 fully saturated rings. The average molecular weight is 274 g/mol. The van der Waals surface area contributed by atoms with Gasteiger partial charge in [-0.2, -0.15) is 13.2 Å². The van der Waals surface area contributed by atoms with Gasteiger partial charge < -0.3 is 11.1 Å². The molecule has 0 saturated carbocycles. The highest BCUT2D eigenvalue weighted by atomic mass is 19.4. The molecule has 1 amide bonds. The van der Waals surface area contributed by atoms with Gasteiger partial charge in [0.05, 0.1) is 12.0 Å². The summed E-state index contributed by atoms with van der Waals surface area (Å²) in [4.78, 5) is 11.5. The molecule has 0 radical (unpaired) electrons. The molecule has 0 saturated heterocycles. The topological polar surface area (TPSA) is 55.1 Å². The van der Waals surface area contributed by atoms with Crippen molar-refractivity contribution < 1.29 is 18.0 Å². The van der Waals surface area contributed by atoms with Crippen LogP contribution in [0.5, 0.6) is 0 Å². The van der Waals surface area contributed by atoms with Crippen molar-refractivity contribution in [3.05, 3.63) is 35.4 Å². The molecular formula is C13H17F3N2O. The average Bonchev–Trinajstić information content (AvgIpc) is 2.27. The Morgan fingerprint density at radius 3 is 2.68 bits per heavy atom. The first-order valence-corrected chi connectivity index (χ1v) is 5.97. The summed E-state index contributed by atoms with van der Waals surface area (Å²) in [5.41, 5.74) is 5.12. The Labute approximate surface area is 110 Å². The lowest BCUT2D eigenvalue weighted by atomic mass is 10.1. The number of nitrogens with one attached hydrogen (secondary N) is 1. The summed E-state index contributed by atoms with van der Waals surface area (Å²) in [6, 6.07) is 4.75. The molecule has 1 rings (SSSR count). The molecule has 1 aromatic carbocycles. The number of halogens is 3. The van der Waals surface area contributed by atoms with Crippen molar-refractivity contribution in [2.75, 3.05) is 6.54 Å². The molecule has 0 aliphatic heterocycles. The summed E-state index contributed by atoms with van der Waals surface area (Å²) in [6.07, 6.45) is -3.82. The van der Waals surface area contributed by atoms with Crippen LogP contribution in [0.2, 0.25) is 0 Å². The molecule has 0 spiro atoms. The fourth-order valence-corrected chi connectivity index (χ4v) is 1.54. The number of alkyl halides is 3. The molecule has 3 nitrogen and oxygen atoms in total. The van der Waals surface area contributed by atoms with Crippen LogP contribution < -0.4 is 11.1 Å². The van der Waals surface area contributed by atoms with Crippen LogP contribution >= 0.6 is 0 Å². The number of hydrogen-bond donors (Lipinski definition) is 2. The Kier molecular flexibility index (Phi) is 5.35. The second-order valence-electron chi connectivity index (χ2n) is 4.49. The minimum atomic E-state index is -4.39. The number of benzene rings is 1. The Bertz CT molecular complexity index is 430. The van der Waals surface area contributed by atoms with E-state index in [9.17, 15) is 18.0 Å². The van der Waals surface area contributed by atoms with E-state index >= 15 is 0 Å². The highest BCUT2D eigenvalue weighted by molar-refractivity contribution is 5.78. The molecule has 0 bridgehead atoms. The van der Waals surface area contributed by atoms with Gasteiger partial charge in [-0.05, 0) is 25.0 Å². The van der Waals surface area contributed by atoms with E-state index in [1.165, 1.54) is 12.1 Å². The standard InChI is InChI=1S/C13H17F3N2O/c1-9(17)5-6-18-12(19)8-10-3-2-4-11(7-10)13(14,15)16/h2-4,7,9H,5-6,8,17H2,1H3,(H,18,19). The fourth-order valence-electron chi connectivity index (χ4n) is 1.54. The summed E-state index contributed by atoms with van der Waals surface area (Å²) < 4.78 is 37.4. The van der Waals surface area contributed by atoms with E-state index in [0.717, 1.165) is 12.1 Å². The smallest absolute Gasteiger partial charge is 0.356 e. The zero-order chi connectivity index (χ0) is 14.5. The van der Waals surface area contributed by atoms with E-state index in [1.54, 1.807) is 0 Å². The van der Waals surface area contributed by atoms with Crippen LogP contribution in [0.15, 0.2) is 24.3 Å². The summed E-state index contributed by atoms with van der Waals surface area (Å²) in [5.74, 6) is -0.306. The molecule has 3 N–H and O–H groups in total. The Hall–Kier alpha value is -1.56. The molecule has 0 heterocycles. The molecule has 106 valence electrons. The van der Waals surface area contributed by atoms with E-state index in [1.807, 2.05) is 6.92 Å². The van der Waals surface area contributed by atoms with Crippen LogP contribution in [-0.4, -0.2) is 18.5 Å². The Morgan fingerprint density at radius 1 is 1.42 bits per heavy atom. The van der Waals surface area contributed by atoms with Crippen molar-refractivity contribution in [2.45, 2.75) is 32.0 Å². The monoisotopic (exact) mass is 274 g/mol. The quantitative estimate of drug-likeness (QED) is 0.864. The Morgan fingerprint density at radius 2 is 2.11 bits per heavy atom. The van der Waals surface area contributed by atoms with Crippen LogP contribution in [-0.2, 0) is 17.4 Å². The van der Waals surface area contributed by atoms with Gasteiger partial charge in [0.2, 0.25) is 5.91 Å². The summed E-state index contributed by atoms with van der Waals surface area (Å²) >= 11 is 0.